The van der Waals surface area contributed by atoms with Gasteiger partial charge in [-0.05, 0) is 46.5 Å². The average molecular weight is 477 g/mol. The van der Waals surface area contributed by atoms with Crippen LogP contribution in [0.1, 0.15) is 100 Å². The molecule has 4 aromatic heterocycles. The highest BCUT2D eigenvalue weighted by Gasteiger charge is 2.35. The fourth-order valence-electron chi connectivity index (χ4n) is 5.10. The summed E-state index contributed by atoms with van der Waals surface area (Å²) in [5.41, 5.74) is 7.40. The standard InChI is InChI=1S/C32H36N4/c1-29(2)21-15-22(18-33-17-21)30(3,4)27-13-10-14-28(36-27)32(7,8)24-16-23(19-34-20-24)31(5,6)26-12-9-11-25(29)35-26/h9-20H,1-8H3. The highest BCUT2D eigenvalue weighted by Crippen LogP contribution is 2.39. The van der Waals surface area contributed by atoms with Crippen molar-refractivity contribution in [2.45, 2.75) is 77.0 Å². The summed E-state index contributed by atoms with van der Waals surface area (Å²) < 4.78 is 0. The molecule has 184 valence electrons. The van der Waals surface area contributed by atoms with Gasteiger partial charge in [-0.25, -0.2) is 0 Å². The van der Waals surface area contributed by atoms with Crippen molar-refractivity contribution in [1.82, 2.24) is 19.9 Å². The maximum absolute atomic E-state index is 5.24. The van der Waals surface area contributed by atoms with Gasteiger partial charge in [0.25, 0.3) is 0 Å². The normalized spacial score (nSPS) is 18.9. The highest BCUT2D eigenvalue weighted by atomic mass is 14.8. The van der Waals surface area contributed by atoms with Gasteiger partial charge < -0.3 is 0 Å². The zero-order valence-corrected chi connectivity index (χ0v) is 22.7. The van der Waals surface area contributed by atoms with Gasteiger partial charge in [0.2, 0.25) is 0 Å². The number of rotatable bonds is 0. The van der Waals surface area contributed by atoms with Gasteiger partial charge in [0.05, 0.1) is 22.8 Å². The maximum atomic E-state index is 5.24. The van der Waals surface area contributed by atoms with Gasteiger partial charge in [0, 0.05) is 46.4 Å². The molecule has 0 aliphatic carbocycles. The fraction of sp³-hybridized carbons (Fsp3) is 0.375. The van der Waals surface area contributed by atoms with Crippen LogP contribution in [0, 0.1) is 0 Å². The van der Waals surface area contributed by atoms with E-state index >= 15 is 0 Å². The summed E-state index contributed by atoms with van der Waals surface area (Å²) in [6.45, 7) is 17.8. The lowest BCUT2D eigenvalue weighted by Crippen LogP contribution is -2.29. The number of hydrogen-bond donors (Lipinski definition) is 0. The van der Waals surface area contributed by atoms with Crippen molar-refractivity contribution in [1.29, 1.82) is 0 Å². The van der Waals surface area contributed by atoms with Crippen molar-refractivity contribution in [3.63, 3.8) is 0 Å². The van der Waals surface area contributed by atoms with Gasteiger partial charge in [0.15, 0.2) is 0 Å². The third-order valence-electron chi connectivity index (χ3n) is 8.42. The second kappa shape index (κ2) is 8.06. The predicted octanol–water partition coefficient (Wildman–Crippen LogP) is 6.88. The molecule has 1 aliphatic rings. The van der Waals surface area contributed by atoms with Crippen LogP contribution in [0.2, 0.25) is 0 Å². The van der Waals surface area contributed by atoms with Gasteiger partial charge in [-0.1, -0.05) is 79.7 Å². The molecule has 1 aliphatic heterocycles. The maximum Gasteiger partial charge on any atom is 0.0507 e. The fourth-order valence-corrected chi connectivity index (χ4v) is 5.10. The minimum absolute atomic E-state index is 0.320. The molecule has 0 fully saturated rings. The molecule has 0 saturated heterocycles. The smallest absolute Gasteiger partial charge is 0.0507 e. The van der Waals surface area contributed by atoms with Crippen LogP contribution in [0.4, 0.5) is 0 Å². The lowest BCUT2D eigenvalue weighted by Gasteiger charge is -2.33. The molecule has 0 amide bonds. The van der Waals surface area contributed by atoms with E-state index in [0.717, 1.165) is 45.0 Å². The van der Waals surface area contributed by atoms with Crippen molar-refractivity contribution in [2.24, 2.45) is 0 Å². The molecule has 4 aromatic rings. The first-order valence-electron chi connectivity index (χ1n) is 12.7. The number of pyridine rings is 4. The Kier molecular flexibility index (Phi) is 5.44. The molecule has 0 radical (unpaired) electrons. The Morgan fingerprint density at radius 1 is 0.417 bits per heavy atom. The van der Waals surface area contributed by atoms with Crippen LogP contribution in [-0.4, -0.2) is 19.9 Å². The van der Waals surface area contributed by atoms with E-state index < -0.39 is 0 Å². The molecule has 0 aromatic carbocycles. The molecule has 4 nitrogen and oxygen atoms in total. The molecule has 0 N–H and O–H groups in total. The molecule has 36 heavy (non-hydrogen) atoms. The third kappa shape index (κ3) is 3.75. The largest absolute Gasteiger partial charge is 0.264 e. The van der Waals surface area contributed by atoms with Gasteiger partial charge >= 0.3 is 0 Å². The molecule has 0 saturated carbocycles. The first-order chi connectivity index (χ1) is 16.8. The van der Waals surface area contributed by atoms with Gasteiger partial charge in [-0.15, -0.1) is 0 Å². The summed E-state index contributed by atoms with van der Waals surface area (Å²) in [5.74, 6) is 0. The summed E-state index contributed by atoms with van der Waals surface area (Å²) in [6, 6.07) is 17.3. The highest BCUT2D eigenvalue weighted by molar-refractivity contribution is 5.44. The van der Waals surface area contributed by atoms with E-state index in [-0.39, 0.29) is 21.7 Å². The zero-order valence-electron chi connectivity index (χ0n) is 22.7. The van der Waals surface area contributed by atoms with Crippen LogP contribution < -0.4 is 0 Å². The summed E-state index contributed by atoms with van der Waals surface area (Å²) in [4.78, 5) is 19.9. The summed E-state index contributed by atoms with van der Waals surface area (Å²) in [5, 5.41) is 0. The van der Waals surface area contributed by atoms with Crippen molar-refractivity contribution >= 4 is 0 Å². The van der Waals surface area contributed by atoms with Crippen LogP contribution in [0.5, 0.6) is 0 Å². The molecular weight excluding hydrogens is 440 g/mol. The molecule has 0 atom stereocenters. The van der Waals surface area contributed by atoms with E-state index in [0.29, 0.717) is 0 Å². The summed E-state index contributed by atoms with van der Waals surface area (Å²) in [6.07, 6.45) is 7.90. The van der Waals surface area contributed by atoms with Crippen LogP contribution in [-0.2, 0) is 21.7 Å². The second-order valence-corrected chi connectivity index (χ2v) is 12.2. The Morgan fingerprint density at radius 3 is 0.917 bits per heavy atom. The molecule has 0 spiro atoms. The van der Waals surface area contributed by atoms with Crippen LogP contribution in [0.15, 0.2) is 73.3 Å². The number of aromatic nitrogens is 4. The van der Waals surface area contributed by atoms with Gasteiger partial charge in [-0.2, -0.15) is 0 Å². The Balaban J connectivity index is 1.84. The van der Waals surface area contributed by atoms with E-state index in [4.69, 9.17) is 19.9 Å². The molecule has 0 unspecified atom stereocenters. The van der Waals surface area contributed by atoms with Crippen molar-refractivity contribution in [3.05, 3.63) is 118 Å². The van der Waals surface area contributed by atoms with E-state index in [9.17, 15) is 0 Å². The minimum atomic E-state index is -0.320. The average Bonchev–Trinajstić information content (AvgIpc) is 2.88. The quantitative estimate of drug-likeness (QED) is 0.277. The SMILES string of the molecule is CC1(C)c2cncc(c2)C(C)(C)c2cccc(n2)C(C)(C)c2cncc(c2)C(C)(C)c2cccc1n2. The molecule has 4 heteroatoms. The van der Waals surface area contributed by atoms with Crippen LogP contribution in [0.25, 0.3) is 0 Å². The topological polar surface area (TPSA) is 51.6 Å². The third-order valence-corrected chi connectivity index (χ3v) is 8.42. The zero-order chi connectivity index (χ0) is 25.9. The molecule has 5 heterocycles. The summed E-state index contributed by atoms with van der Waals surface area (Å²) in [7, 11) is 0. The van der Waals surface area contributed by atoms with Crippen molar-refractivity contribution in [2.75, 3.05) is 0 Å². The van der Waals surface area contributed by atoms with Crippen LogP contribution in [0.3, 0.4) is 0 Å². The van der Waals surface area contributed by atoms with Crippen molar-refractivity contribution < 1.29 is 0 Å². The number of fused-ring (bicyclic) bond motifs is 8. The Bertz CT molecular complexity index is 1140. The lowest BCUT2D eigenvalue weighted by molar-refractivity contribution is 0.552. The van der Waals surface area contributed by atoms with Crippen LogP contribution >= 0.6 is 0 Å². The van der Waals surface area contributed by atoms with Gasteiger partial charge in [-0.3, -0.25) is 19.9 Å². The Morgan fingerprint density at radius 2 is 0.667 bits per heavy atom. The van der Waals surface area contributed by atoms with E-state index in [1.165, 1.54) is 0 Å². The minimum Gasteiger partial charge on any atom is -0.264 e. The Hall–Kier alpha value is -3.40. The predicted molar refractivity (Wildman–Crippen MR) is 145 cm³/mol. The summed E-state index contributed by atoms with van der Waals surface area (Å²) >= 11 is 0. The van der Waals surface area contributed by atoms with E-state index in [1.807, 2.05) is 24.8 Å². The van der Waals surface area contributed by atoms with Gasteiger partial charge in [0.1, 0.15) is 0 Å². The molecule has 8 bridgehead atoms. The first-order valence-corrected chi connectivity index (χ1v) is 12.7. The molecular formula is C32H36N4. The Labute approximate surface area is 215 Å². The van der Waals surface area contributed by atoms with Crippen molar-refractivity contribution in [3.8, 4) is 0 Å². The monoisotopic (exact) mass is 476 g/mol. The second-order valence-electron chi connectivity index (χ2n) is 12.2. The number of hydrogen-bond acceptors (Lipinski definition) is 4. The first kappa shape index (κ1) is 24.3. The molecule has 5 rings (SSSR count). The van der Waals surface area contributed by atoms with E-state index in [1.54, 1.807) is 0 Å². The lowest BCUT2D eigenvalue weighted by atomic mass is 9.74. The van der Waals surface area contributed by atoms with E-state index in [2.05, 4.69) is 104 Å². The number of nitrogens with zero attached hydrogens (tertiary/aromatic N) is 4.